The van der Waals surface area contributed by atoms with Crippen molar-refractivity contribution in [2.45, 2.75) is 0 Å². The number of nitrogens with two attached hydrogens (primary N) is 2. The molecule has 0 aliphatic heterocycles. The van der Waals surface area contributed by atoms with Crippen LogP contribution in [0.3, 0.4) is 0 Å². The van der Waals surface area contributed by atoms with E-state index in [0.29, 0.717) is 10.9 Å². The van der Waals surface area contributed by atoms with Gasteiger partial charge >= 0.3 is 0 Å². The summed E-state index contributed by atoms with van der Waals surface area (Å²) in [6.45, 7) is 0. The van der Waals surface area contributed by atoms with E-state index in [2.05, 4.69) is 9.97 Å². The fraction of sp³-hybridized carbons (Fsp3) is 0. The molecule has 2 aromatic rings. The van der Waals surface area contributed by atoms with Crippen molar-refractivity contribution in [3.05, 3.63) is 11.8 Å². The zero-order chi connectivity index (χ0) is 9.42. The van der Waals surface area contributed by atoms with Crippen LogP contribution in [0.5, 0.6) is 0 Å². The van der Waals surface area contributed by atoms with Crippen molar-refractivity contribution < 1.29 is 4.42 Å². The first kappa shape index (κ1) is 7.36. The highest BCUT2D eigenvalue weighted by Crippen LogP contribution is 2.23. The van der Waals surface area contributed by atoms with Gasteiger partial charge < -0.3 is 15.9 Å². The lowest BCUT2D eigenvalue weighted by atomic mass is 10.2. The maximum Gasteiger partial charge on any atom is 0.234 e. The third-order valence-corrected chi connectivity index (χ3v) is 1.60. The molecule has 0 bridgehead atoms. The summed E-state index contributed by atoms with van der Waals surface area (Å²) in [5, 5.41) is 9.08. The van der Waals surface area contributed by atoms with Crippen LogP contribution in [-0.2, 0) is 0 Å². The molecule has 13 heavy (non-hydrogen) atoms. The second kappa shape index (κ2) is 2.35. The predicted octanol–water partition coefficient (Wildman–Crippen LogP) is 0.259. The van der Waals surface area contributed by atoms with E-state index in [1.807, 2.05) is 6.07 Å². The maximum atomic E-state index is 8.67. The topological polar surface area (TPSA) is 115 Å². The number of rotatable bonds is 0. The maximum absolute atomic E-state index is 8.67. The number of hydrogen-bond acceptors (Lipinski definition) is 6. The molecule has 0 atom stereocenters. The summed E-state index contributed by atoms with van der Waals surface area (Å²) in [5.41, 5.74) is 11.4. The average molecular weight is 175 g/mol. The van der Waals surface area contributed by atoms with E-state index in [1.165, 1.54) is 6.26 Å². The Morgan fingerprint density at radius 3 is 2.85 bits per heavy atom. The van der Waals surface area contributed by atoms with Crippen LogP contribution in [0.4, 0.5) is 11.8 Å². The van der Waals surface area contributed by atoms with Gasteiger partial charge in [-0.25, -0.2) is 0 Å². The molecule has 6 nitrogen and oxygen atoms in total. The van der Waals surface area contributed by atoms with Gasteiger partial charge in [-0.3, -0.25) is 0 Å². The van der Waals surface area contributed by atoms with E-state index in [9.17, 15) is 0 Å². The lowest BCUT2D eigenvalue weighted by Gasteiger charge is -1.95. The van der Waals surface area contributed by atoms with Gasteiger partial charge in [0.25, 0.3) is 0 Å². The van der Waals surface area contributed by atoms with Crippen molar-refractivity contribution >= 4 is 22.9 Å². The Morgan fingerprint density at radius 1 is 1.38 bits per heavy atom. The van der Waals surface area contributed by atoms with Crippen molar-refractivity contribution in [3.8, 4) is 6.07 Å². The van der Waals surface area contributed by atoms with E-state index in [-0.39, 0.29) is 17.5 Å². The van der Waals surface area contributed by atoms with Crippen LogP contribution in [0.15, 0.2) is 10.7 Å². The summed E-state index contributed by atoms with van der Waals surface area (Å²) in [4.78, 5) is 7.49. The first-order valence-electron chi connectivity index (χ1n) is 3.42. The third-order valence-electron chi connectivity index (χ3n) is 1.60. The summed E-state index contributed by atoms with van der Waals surface area (Å²) in [5.74, 6) is 0.191. The molecule has 0 saturated heterocycles. The van der Waals surface area contributed by atoms with Crippen LogP contribution >= 0.6 is 0 Å². The highest BCUT2D eigenvalue weighted by molar-refractivity contribution is 5.90. The van der Waals surface area contributed by atoms with Gasteiger partial charge in [-0.1, -0.05) is 0 Å². The normalized spacial score (nSPS) is 10.1. The van der Waals surface area contributed by atoms with E-state index in [0.717, 1.165) is 0 Å². The van der Waals surface area contributed by atoms with Gasteiger partial charge in [-0.15, -0.1) is 0 Å². The van der Waals surface area contributed by atoms with E-state index < -0.39 is 0 Å². The zero-order valence-corrected chi connectivity index (χ0v) is 6.48. The Morgan fingerprint density at radius 2 is 2.15 bits per heavy atom. The summed E-state index contributed by atoms with van der Waals surface area (Å²) in [6, 6.07) is 1.92. The largest absolute Gasteiger partial charge is 0.444 e. The summed E-state index contributed by atoms with van der Waals surface area (Å²) >= 11 is 0. The van der Waals surface area contributed by atoms with Crippen LogP contribution in [0.2, 0.25) is 0 Å². The molecule has 2 rings (SSSR count). The summed E-state index contributed by atoms with van der Waals surface area (Å²) in [7, 11) is 0. The van der Waals surface area contributed by atoms with Crippen molar-refractivity contribution in [1.82, 2.24) is 9.97 Å². The van der Waals surface area contributed by atoms with Gasteiger partial charge in [0, 0.05) is 0 Å². The van der Waals surface area contributed by atoms with Crippen LogP contribution in [0.1, 0.15) is 5.56 Å². The summed E-state index contributed by atoms with van der Waals surface area (Å²) in [6.07, 6.45) is 1.27. The molecule has 0 amide bonds. The van der Waals surface area contributed by atoms with Gasteiger partial charge in [0.2, 0.25) is 11.7 Å². The molecular weight excluding hydrogens is 170 g/mol. The molecule has 2 heterocycles. The zero-order valence-electron chi connectivity index (χ0n) is 6.48. The minimum atomic E-state index is 0.0313. The fourth-order valence-corrected chi connectivity index (χ4v) is 1.07. The molecule has 0 radical (unpaired) electrons. The van der Waals surface area contributed by atoms with Gasteiger partial charge in [0.05, 0.1) is 0 Å². The molecule has 0 aliphatic rings. The van der Waals surface area contributed by atoms with Crippen LogP contribution < -0.4 is 11.5 Å². The predicted molar refractivity (Wildman–Crippen MR) is 45.3 cm³/mol. The quantitative estimate of drug-likeness (QED) is 0.593. The number of anilines is 2. The second-order valence-corrected chi connectivity index (χ2v) is 2.41. The van der Waals surface area contributed by atoms with E-state index in [1.54, 1.807) is 0 Å². The molecule has 0 fully saturated rings. The monoisotopic (exact) mass is 175 g/mol. The van der Waals surface area contributed by atoms with Crippen molar-refractivity contribution in [2.75, 3.05) is 11.5 Å². The molecule has 0 spiro atoms. The molecule has 4 N–H and O–H groups in total. The van der Waals surface area contributed by atoms with Gasteiger partial charge in [0.15, 0.2) is 0 Å². The molecular formula is C7H5N5O. The number of nitrogen functional groups attached to an aromatic ring is 2. The van der Waals surface area contributed by atoms with Crippen molar-refractivity contribution in [2.24, 2.45) is 0 Å². The van der Waals surface area contributed by atoms with Crippen LogP contribution in [0.25, 0.3) is 11.1 Å². The number of hydrogen-bond donors (Lipinski definition) is 2. The Kier molecular flexibility index (Phi) is 1.33. The van der Waals surface area contributed by atoms with Crippen LogP contribution in [-0.4, -0.2) is 9.97 Å². The molecule has 6 heteroatoms. The van der Waals surface area contributed by atoms with Gasteiger partial charge in [0.1, 0.15) is 29.1 Å². The second-order valence-electron chi connectivity index (χ2n) is 2.41. The van der Waals surface area contributed by atoms with Gasteiger partial charge in [-0.05, 0) is 0 Å². The molecule has 0 saturated carbocycles. The number of nitriles is 1. The molecule has 0 unspecified atom stereocenters. The van der Waals surface area contributed by atoms with E-state index in [4.69, 9.17) is 21.1 Å². The standard InChI is InChI=1S/C7H5N5O/c8-1-3-2-13-6-4(3)5(9)11-7(10)12-6/h2H,(H4,9,10,11,12). The Bertz CT molecular complexity index is 509. The molecule has 2 aromatic heterocycles. The fourth-order valence-electron chi connectivity index (χ4n) is 1.07. The number of furan rings is 1. The van der Waals surface area contributed by atoms with E-state index >= 15 is 0 Å². The first-order chi connectivity index (χ1) is 6.22. The Hall–Kier alpha value is -2.29. The molecule has 0 aliphatic carbocycles. The van der Waals surface area contributed by atoms with Crippen LogP contribution in [0, 0.1) is 11.3 Å². The summed E-state index contributed by atoms with van der Waals surface area (Å²) < 4.78 is 4.97. The number of fused-ring (bicyclic) bond motifs is 1. The minimum absolute atomic E-state index is 0.0313. The van der Waals surface area contributed by atoms with Crippen molar-refractivity contribution in [1.29, 1.82) is 5.26 Å². The molecule has 0 aromatic carbocycles. The number of aromatic nitrogens is 2. The SMILES string of the molecule is N#Cc1coc2nc(N)nc(N)c12. The first-order valence-corrected chi connectivity index (χ1v) is 3.42. The smallest absolute Gasteiger partial charge is 0.234 e. The lowest BCUT2D eigenvalue weighted by Crippen LogP contribution is -1.99. The highest BCUT2D eigenvalue weighted by Gasteiger charge is 2.11. The molecule has 64 valence electrons. The Labute approximate surface area is 72.8 Å². The lowest BCUT2D eigenvalue weighted by molar-refractivity contribution is 0.602. The van der Waals surface area contributed by atoms with Gasteiger partial charge in [-0.2, -0.15) is 15.2 Å². The third kappa shape index (κ3) is 0.945. The highest BCUT2D eigenvalue weighted by atomic mass is 16.3. The number of nitrogens with zero attached hydrogens (tertiary/aromatic N) is 3. The minimum Gasteiger partial charge on any atom is -0.444 e. The van der Waals surface area contributed by atoms with Crippen molar-refractivity contribution in [3.63, 3.8) is 0 Å². The Balaban J connectivity index is 2.92. The average Bonchev–Trinajstić information content (AvgIpc) is 2.47.